The highest BCUT2D eigenvalue weighted by Gasteiger charge is 2.32. The van der Waals surface area contributed by atoms with E-state index in [9.17, 15) is 4.79 Å². The van der Waals surface area contributed by atoms with Gasteiger partial charge in [0.15, 0.2) is 0 Å². The van der Waals surface area contributed by atoms with Crippen LogP contribution in [0.5, 0.6) is 23.0 Å². The minimum atomic E-state index is -0.361. The van der Waals surface area contributed by atoms with Gasteiger partial charge in [0.2, 0.25) is 0 Å². The fourth-order valence-electron chi connectivity index (χ4n) is 4.10. The molecule has 35 heavy (non-hydrogen) atoms. The highest BCUT2D eigenvalue weighted by atomic mass is 16.5. The Kier molecular flexibility index (Phi) is 6.30. The van der Waals surface area contributed by atoms with Crippen LogP contribution < -0.4 is 19.1 Å². The standard InChI is InChI=1S/C28H26N2O5/c1-32-22-7-5-8-23(17-22)34-20-11-13-21(14-12-20)35-24-18-30(19-24)26-10-6-9-25(28(31)33-2)27(26)29-15-3-4-16-29/h3-17,24H,18-19H2,1-2H3. The fourth-order valence-corrected chi connectivity index (χ4v) is 4.10. The molecule has 1 saturated heterocycles. The lowest BCUT2D eigenvalue weighted by Gasteiger charge is -2.41. The topological polar surface area (TPSA) is 62.2 Å². The van der Waals surface area contributed by atoms with E-state index in [1.165, 1.54) is 7.11 Å². The van der Waals surface area contributed by atoms with Crippen molar-refractivity contribution in [2.75, 3.05) is 32.2 Å². The molecule has 0 N–H and O–H groups in total. The summed E-state index contributed by atoms with van der Waals surface area (Å²) in [6, 6.07) is 24.6. The first-order valence-corrected chi connectivity index (χ1v) is 11.3. The quantitative estimate of drug-likeness (QED) is 0.324. The van der Waals surface area contributed by atoms with Crippen molar-refractivity contribution in [1.82, 2.24) is 4.57 Å². The lowest BCUT2D eigenvalue weighted by atomic mass is 10.1. The van der Waals surface area contributed by atoms with Gasteiger partial charge >= 0.3 is 5.97 Å². The second-order valence-electron chi connectivity index (χ2n) is 8.15. The van der Waals surface area contributed by atoms with Crippen LogP contribution in [-0.4, -0.2) is 43.9 Å². The summed E-state index contributed by atoms with van der Waals surface area (Å²) in [6.45, 7) is 1.42. The molecule has 1 aromatic heterocycles. The Bertz CT molecular complexity index is 1300. The molecule has 0 spiro atoms. The molecular weight excluding hydrogens is 444 g/mol. The molecule has 0 atom stereocenters. The van der Waals surface area contributed by atoms with Gasteiger partial charge < -0.3 is 28.4 Å². The van der Waals surface area contributed by atoms with Crippen LogP contribution in [0.15, 0.2) is 91.3 Å². The molecule has 4 aromatic rings. The zero-order valence-electron chi connectivity index (χ0n) is 19.6. The number of aromatic nitrogens is 1. The Morgan fingerprint density at radius 2 is 1.49 bits per heavy atom. The molecule has 2 heterocycles. The summed E-state index contributed by atoms with van der Waals surface area (Å²) in [5, 5.41) is 0. The van der Waals surface area contributed by atoms with E-state index in [0.29, 0.717) is 24.4 Å². The summed E-state index contributed by atoms with van der Waals surface area (Å²) in [5.41, 5.74) is 2.30. The van der Waals surface area contributed by atoms with E-state index in [-0.39, 0.29) is 12.1 Å². The Morgan fingerprint density at radius 1 is 0.800 bits per heavy atom. The minimum absolute atomic E-state index is 0.0412. The zero-order valence-corrected chi connectivity index (χ0v) is 19.6. The van der Waals surface area contributed by atoms with E-state index in [1.807, 2.05) is 89.8 Å². The normalized spacial score (nSPS) is 13.1. The number of para-hydroxylation sites is 1. The third-order valence-electron chi connectivity index (χ3n) is 5.87. The molecule has 5 rings (SSSR count). The first kappa shape index (κ1) is 22.4. The van der Waals surface area contributed by atoms with Crippen molar-refractivity contribution in [3.05, 3.63) is 96.8 Å². The maximum absolute atomic E-state index is 12.4. The summed E-state index contributed by atoms with van der Waals surface area (Å²) >= 11 is 0. The van der Waals surface area contributed by atoms with Gasteiger partial charge in [0.05, 0.1) is 44.2 Å². The SMILES string of the molecule is COC(=O)c1cccc(N2CC(Oc3ccc(Oc4cccc(OC)c4)cc3)C2)c1-n1cccc1. The molecule has 7 heteroatoms. The third kappa shape index (κ3) is 4.80. The molecular formula is C28H26N2O5. The molecule has 3 aromatic carbocycles. The smallest absolute Gasteiger partial charge is 0.340 e. The average molecular weight is 471 g/mol. The third-order valence-corrected chi connectivity index (χ3v) is 5.87. The number of rotatable bonds is 8. The van der Waals surface area contributed by atoms with Gasteiger partial charge in [-0.2, -0.15) is 0 Å². The van der Waals surface area contributed by atoms with Gasteiger partial charge in [0.25, 0.3) is 0 Å². The Balaban J connectivity index is 1.24. The summed E-state index contributed by atoms with van der Waals surface area (Å²) in [6.07, 6.45) is 3.89. The Morgan fingerprint density at radius 3 is 2.20 bits per heavy atom. The van der Waals surface area contributed by atoms with Crippen LogP contribution in [0.3, 0.4) is 0 Å². The molecule has 178 valence electrons. The summed E-state index contributed by atoms with van der Waals surface area (Å²) in [5.74, 6) is 2.59. The summed E-state index contributed by atoms with van der Waals surface area (Å²) in [7, 11) is 3.03. The number of hydrogen-bond acceptors (Lipinski definition) is 6. The van der Waals surface area contributed by atoms with E-state index >= 15 is 0 Å². The first-order valence-electron chi connectivity index (χ1n) is 11.3. The maximum Gasteiger partial charge on any atom is 0.340 e. The van der Waals surface area contributed by atoms with Crippen molar-refractivity contribution >= 4 is 11.7 Å². The van der Waals surface area contributed by atoms with Crippen LogP contribution in [0.25, 0.3) is 5.69 Å². The number of methoxy groups -OCH3 is 2. The predicted octanol–water partition coefficient (Wildman–Crippen LogP) is 5.33. The van der Waals surface area contributed by atoms with Crippen molar-refractivity contribution in [1.29, 1.82) is 0 Å². The first-order chi connectivity index (χ1) is 17.1. The molecule has 0 amide bonds. The maximum atomic E-state index is 12.4. The van der Waals surface area contributed by atoms with Gasteiger partial charge in [0.1, 0.15) is 29.1 Å². The number of ether oxygens (including phenoxy) is 4. The minimum Gasteiger partial charge on any atom is -0.497 e. The molecule has 0 aliphatic carbocycles. The van der Waals surface area contributed by atoms with Crippen LogP contribution in [0.1, 0.15) is 10.4 Å². The number of nitrogens with zero attached hydrogens (tertiary/aromatic N) is 2. The van der Waals surface area contributed by atoms with E-state index in [4.69, 9.17) is 18.9 Å². The zero-order chi connectivity index (χ0) is 24.2. The van der Waals surface area contributed by atoms with Crippen LogP contribution in [0, 0.1) is 0 Å². The highest BCUT2D eigenvalue weighted by molar-refractivity contribution is 5.96. The Labute approximate surface area is 204 Å². The molecule has 0 bridgehead atoms. The summed E-state index contributed by atoms with van der Waals surface area (Å²) in [4.78, 5) is 14.6. The second kappa shape index (κ2) is 9.85. The van der Waals surface area contributed by atoms with Crippen molar-refractivity contribution in [2.45, 2.75) is 6.10 Å². The van der Waals surface area contributed by atoms with Crippen molar-refractivity contribution in [3.63, 3.8) is 0 Å². The highest BCUT2D eigenvalue weighted by Crippen LogP contribution is 2.33. The van der Waals surface area contributed by atoms with Gasteiger partial charge in [-0.1, -0.05) is 12.1 Å². The fraction of sp³-hybridized carbons (Fsp3) is 0.179. The van der Waals surface area contributed by atoms with Crippen molar-refractivity contribution < 1.29 is 23.7 Å². The molecule has 1 fully saturated rings. The molecule has 7 nitrogen and oxygen atoms in total. The van der Waals surface area contributed by atoms with Crippen LogP contribution >= 0.6 is 0 Å². The van der Waals surface area contributed by atoms with Gasteiger partial charge in [0, 0.05) is 18.5 Å². The van der Waals surface area contributed by atoms with Gasteiger partial charge in [-0.15, -0.1) is 0 Å². The lowest BCUT2D eigenvalue weighted by Crippen LogP contribution is -2.54. The number of esters is 1. The lowest BCUT2D eigenvalue weighted by molar-refractivity contribution is 0.0600. The van der Waals surface area contributed by atoms with E-state index in [1.54, 1.807) is 13.2 Å². The van der Waals surface area contributed by atoms with Crippen LogP contribution in [0.2, 0.25) is 0 Å². The summed E-state index contributed by atoms with van der Waals surface area (Å²) < 4.78 is 24.2. The largest absolute Gasteiger partial charge is 0.497 e. The molecule has 0 unspecified atom stereocenters. The van der Waals surface area contributed by atoms with E-state index in [0.717, 1.165) is 28.6 Å². The number of benzene rings is 3. The number of hydrogen-bond donors (Lipinski definition) is 0. The van der Waals surface area contributed by atoms with Crippen LogP contribution in [0.4, 0.5) is 5.69 Å². The molecule has 1 aliphatic heterocycles. The van der Waals surface area contributed by atoms with Gasteiger partial charge in [-0.25, -0.2) is 4.79 Å². The molecule has 0 radical (unpaired) electrons. The van der Waals surface area contributed by atoms with Crippen molar-refractivity contribution in [2.24, 2.45) is 0 Å². The van der Waals surface area contributed by atoms with Gasteiger partial charge in [-0.3, -0.25) is 0 Å². The number of carbonyl (C=O) groups excluding carboxylic acids is 1. The average Bonchev–Trinajstić information content (AvgIpc) is 3.41. The molecule has 0 saturated carbocycles. The second-order valence-corrected chi connectivity index (χ2v) is 8.15. The molecule has 1 aliphatic rings. The predicted molar refractivity (Wildman–Crippen MR) is 133 cm³/mol. The van der Waals surface area contributed by atoms with E-state index in [2.05, 4.69) is 4.90 Å². The van der Waals surface area contributed by atoms with Gasteiger partial charge in [-0.05, 0) is 60.7 Å². The number of anilines is 1. The van der Waals surface area contributed by atoms with E-state index < -0.39 is 0 Å². The number of carbonyl (C=O) groups is 1. The monoisotopic (exact) mass is 470 g/mol. The van der Waals surface area contributed by atoms with Crippen LogP contribution in [-0.2, 0) is 4.74 Å². The Hall–Kier alpha value is -4.39. The van der Waals surface area contributed by atoms with Crippen molar-refractivity contribution in [3.8, 4) is 28.7 Å².